The van der Waals surface area contributed by atoms with Gasteiger partial charge in [-0.15, -0.1) is 0 Å². The average Bonchev–Trinajstić information content (AvgIpc) is 2.23. The summed E-state index contributed by atoms with van der Waals surface area (Å²) in [7, 11) is 0. The van der Waals surface area contributed by atoms with Gasteiger partial charge in [0.2, 0.25) is 0 Å². The second kappa shape index (κ2) is 3.70. The molecule has 4 heteroatoms. The number of alkyl halides is 2. The first-order valence-corrected chi connectivity index (χ1v) is 4.92. The van der Waals surface area contributed by atoms with Crippen molar-refractivity contribution in [2.75, 3.05) is 0 Å². The molecule has 0 saturated carbocycles. The van der Waals surface area contributed by atoms with Gasteiger partial charge >= 0.3 is 0 Å². The highest BCUT2D eigenvalue weighted by Crippen LogP contribution is 2.21. The van der Waals surface area contributed by atoms with Crippen LogP contribution in [0, 0.1) is 13.8 Å². The fourth-order valence-corrected chi connectivity index (χ4v) is 1.70. The molecule has 0 spiro atoms. The molecule has 0 aliphatic rings. The van der Waals surface area contributed by atoms with E-state index < -0.39 is 6.43 Å². The lowest BCUT2D eigenvalue weighted by atomic mass is 10.0. The molecule has 2 nitrogen and oxygen atoms in total. The third-order valence-corrected chi connectivity index (χ3v) is 2.79. The second-order valence-electron chi connectivity index (χ2n) is 3.82. The summed E-state index contributed by atoms with van der Waals surface area (Å²) < 4.78 is 25.1. The first kappa shape index (κ1) is 10.8. The lowest BCUT2D eigenvalue weighted by Crippen LogP contribution is -2.06. The molecule has 1 aromatic carbocycles. The number of pyridine rings is 1. The number of fused-ring (bicyclic) bond motifs is 1. The largest absolute Gasteiger partial charge is 0.353 e. The van der Waals surface area contributed by atoms with Gasteiger partial charge < -0.3 is 4.98 Å². The van der Waals surface area contributed by atoms with Gasteiger partial charge in [0.1, 0.15) is 0 Å². The van der Waals surface area contributed by atoms with E-state index in [1.165, 1.54) is 0 Å². The molecule has 0 atom stereocenters. The van der Waals surface area contributed by atoms with Gasteiger partial charge in [-0.05, 0) is 31.0 Å². The van der Waals surface area contributed by atoms with E-state index in [4.69, 9.17) is 0 Å². The molecular formula is C12H11F2NO. The van der Waals surface area contributed by atoms with E-state index in [1.54, 1.807) is 6.07 Å². The predicted octanol–water partition coefficient (Wildman–Crippen LogP) is 3.08. The summed E-state index contributed by atoms with van der Waals surface area (Å²) in [5.41, 5.74) is 1.60. The van der Waals surface area contributed by atoms with E-state index in [0.717, 1.165) is 17.2 Å². The highest BCUT2D eigenvalue weighted by atomic mass is 19.3. The summed E-state index contributed by atoms with van der Waals surface area (Å²) in [5, 5.41) is 0.451. The number of H-pyrrole nitrogens is 1. The Morgan fingerprint density at radius 3 is 2.56 bits per heavy atom. The summed E-state index contributed by atoms with van der Waals surface area (Å²) in [5.74, 6) is 0. The Balaban J connectivity index is 2.89. The Bertz CT molecular complexity index is 602. The SMILES string of the molecule is Cc1ccc2c(=O)cc(C(F)F)[nH]c2c1C. The minimum Gasteiger partial charge on any atom is -0.353 e. The number of aromatic amines is 1. The van der Waals surface area contributed by atoms with Crippen LogP contribution in [0.5, 0.6) is 0 Å². The minimum absolute atomic E-state index is 0.328. The fraction of sp³-hybridized carbons (Fsp3) is 0.250. The Morgan fingerprint density at radius 1 is 1.25 bits per heavy atom. The third-order valence-electron chi connectivity index (χ3n) is 2.79. The molecule has 16 heavy (non-hydrogen) atoms. The molecule has 0 aliphatic carbocycles. The molecule has 0 unspecified atom stereocenters. The first-order chi connectivity index (χ1) is 7.50. The first-order valence-electron chi connectivity index (χ1n) is 4.92. The van der Waals surface area contributed by atoms with Gasteiger partial charge in [-0.2, -0.15) is 0 Å². The van der Waals surface area contributed by atoms with Gasteiger partial charge in [-0.25, -0.2) is 8.78 Å². The Kier molecular flexibility index (Phi) is 2.50. The van der Waals surface area contributed by atoms with Crippen molar-refractivity contribution in [3.63, 3.8) is 0 Å². The quantitative estimate of drug-likeness (QED) is 0.791. The molecule has 1 aromatic heterocycles. The van der Waals surface area contributed by atoms with Crippen molar-refractivity contribution >= 4 is 10.9 Å². The molecule has 1 N–H and O–H groups in total. The molecule has 84 valence electrons. The van der Waals surface area contributed by atoms with Gasteiger partial charge in [-0.3, -0.25) is 4.79 Å². The number of aromatic nitrogens is 1. The molecule has 0 bridgehead atoms. The van der Waals surface area contributed by atoms with Crippen molar-refractivity contribution in [3.8, 4) is 0 Å². The highest BCUT2D eigenvalue weighted by Gasteiger charge is 2.12. The zero-order valence-corrected chi connectivity index (χ0v) is 8.97. The van der Waals surface area contributed by atoms with E-state index in [1.807, 2.05) is 19.9 Å². The highest BCUT2D eigenvalue weighted by molar-refractivity contribution is 5.82. The van der Waals surface area contributed by atoms with Crippen LogP contribution in [0.1, 0.15) is 23.2 Å². The van der Waals surface area contributed by atoms with Crippen LogP contribution >= 0.6 is 0 Å². The van der Waals surface area contributed by atoms with Crippen molar-refractivity contribution < 1.29 is 8.78 Å². The van der Waals surface area contributed by atoms with Crippen LogP contribution in [0.25, 0.3) is 10.9 Å². The van der Waals surface area contributed by atoms with Crippen LogP contribution < -0.4 is 5.43 Å². The average molecular weight is 223 g/mol. The van der Waals surface area contributed by atoms with Gasteiger partial charge in [0.25, 0.3) is 6.43 Å². The van der Waals surface area contributed by atoms with E-state index >= 15 is 0 Å². The van der Waals surface area contributed by atoms with Crippen LogP contribution in [-0.2, 0) is 0 Å². The number of benzene rings is 1. The van der Waals surface area contributed by atoms with E-state index in [-0.39, 0.29) is 11.1 Å². The van der Waals surface area contributed by atoms with Crippen molar-refractivity contribution in [3.05, 3.63) is 45.2 Å². The Labute approximate surface area is 90.9 Å². The zero-order valence-electron chi connectivity index (χ0n) is 8.97. The normalized spacial score (nSPS) is 11.3. The summed E-state index contributed by atoms with van der Waals surface area (Å²) in [4.78, 5) is 14.2. The standard InChI is InChI=1S/C12H11F2NO/c1-6-3-4-8-10(16)5-9(12(13)14)15-11(8)7(6)2/h3-5,12H,1-2H3,(H,15,16). The number of rotatable bonds is 1. The lowest BCUT2D eigenvalue weighted by molar-refractivity contribution is 0.146. The number of aryl methyl sites for hydroxylation is 2. The summed E-state index contributed by atoms with van der Waals surface area (Å²) in [6, 6.07) is 4.43. The van der Waals surface area contributed by atoms with E-state index in [2.05, 4.69) is 4.98 Å². The molecule has 0 radical (unpaired) electrons. The summed E-state index contributed by atoms with van der Waals surface area (Å²) in [6.07, 6.45) is -2.66. The second-order valence-corrected chi connectivity index (χ2v) is 3.82. The van der Waals surface area contributed by atoms with Crippen LogP contribution in [0.15, 0.2) is 23.0 Å². The molecule has 1 heterocycles. The maximum absolute atomic E-state index is 12.5. The molecule has 2 aromatic rings. The van der Waals surface area contributed by atoms with Crippen LogP contribution in [0.2, 0.25) is 0 Å². The van der Waals surface area contributed by atoms with Crippen LogP contribution in [0.3, 0.4) is 0 Å². The van der Waals surface area contributed by atoms with Gasteiger partial charge in [0.05, 0.1) is 11.2 Å². The smallest absolute Gasteiger partial charge is 0.278 e. The minimum atomic E-state index is -2.66. The number of hydrogen-bond donors (Lipinski definition) is 1. The van der Waals surface area contributed by atoms with Crippen molar-refractivity contribution in [1.29, 1.82) is 0 Å². The van der Waals surface area contributed by atoms with Crippen molar-refractivity contribution in [2.24, 2.45) is 0 Å². The Morgan fingerprint density at radius 2 is 1.94 bits per heavy atom. The molecule has 0 aliphatic heterocycles. The van der Waals surface area contributed by atoms with Crippen LogP contribution in [-0.4, -0.2) is 4.98 Å². The maximum atomic E-state index is 12.5. The predicted molar refractivity (Wildman–Crippen MR) is 59.0 cm³/mol. The maximum Gasteiger partial charge on any atom is 0.278 e. The molecule has 0 saturated heterocycles. The topological polar surface area (TPSA) is 32.9 Å². The number of nitrogens with one attached hydrogen (secondary N) is 1. The molecule has 2 rings (SSSR count). The van der Waals surface area contributed by atoms with E-state index in [0.29, 0.717) is 10.9 Å². The van der Waals surface area contributed by atoms with Crippen LogP contribution in [0.4, 0.5) is 8.78 Å². The van der Waals surface area contributed by atoms with Gasteiger partial charge in [0, 0.05) is 11.5 Å². The van der Waals surface area contributed by atoms with Crippen molar-refractivity contribution in [2.45, 2.75) is 20.3 Å². The number of halogens is 2. The Hall–Kier alpha value is -1.71. The van der Waals surface area contributed by atoms with Gasteiger partial charge in [0.15, 0.2) is 5.43 Å². The van der Waals surface area contributed by atoms with Gasteiger partial charge in [-0.1, -0.05) is 6.07 Å². The lowest BCUT2D eigenvalue weighted by Gasteiger charge is -2.07. The summed E-state index contributed by atoms with van der Waals surface area (Å²) in [6.45, 7) is 3.69. The zero-order chi connectivity index (χ0) is 11.9. The van der Waals surface area contributed by atoms with Crippen molar-refractivity contribution in [1.82, 2.24) is 4.98 Å². The third kappa shape index (κ3) is 1.60. The number of hydrogen-bond acceptors (Lipinski definition) is 1. The molecular weight excluding hydrogens is 212 g/mol. The summed E-state index contributed by atoms with van der Waals surface area (Å²) >= 11 is 0. The molecule has 0 fully saturated rings. The monoisotopic (exact) mass is 223 g/mol. The fourth-order valence-electron chi connectivity index (χ4n) is 1.70. The molecule has 0 amide bonds. The van der Waals surface area contributed by atoms with E-state index in [9.17, 15) is 13.6 Å².